The largest absolute Gasteiger partial charge is 0.481 e. The first-order chi connectivity index (χ1) is 9.22. The zero-order valence-electron chi connectivity index (χ0n) is 11.2. The fourth-order valence-electron chi connectivity index (χ4n) is 2.84. The van der Waals surface area contributed by atoms with Crippen LogP contribution in [0.25, 0.3) is 0 Å². The van der Waals surface area contributed by atoms with Crippen LogP contribution >= 0.6 is 11.8 Å². The first-order valence-corrected chi connectivity index (χ1v) is 7.83. The summed E-state index contributed by atoms with van der Waals surface area (Å²) in [6.45, 7) is 2.15. The lowest BCUT2D eigenvalue weighted by molar-refractivity contribution is -0.133. The van der Waals surface area contributed by atoms with Crippen LogP contribution in [0.15, 0.2) is 5.16 Å². The van der Waals surface area contributed by atoms with Crippen LogP contribution in [0.5, 0.6) is 0 Å². The van der Waals surface area contributed by atoms with Crippen LogP contribution in [-0.4, -0.2) is 37.0 Å². The zero-order valence-corrected chi connectivity index (χ0v) is 12.0. The van der Waals surface area contributed by atoms with Crippen molar-refractivity contribution in [2.45, 2.75) is 56.6 Å². The summed E-state index contributed by atoms with van der Waals surface area (Å²) >= 11 is 1.20. The second-order valence-corrected chi connectivity index (χ2v) is 5.90. The third-order valence-corrected chi connectivity index (χ3v) is 4.63. The molecule has 1 unspecified atom stereocenters. The molecule has 1 N–H and O–H groups in total. The highest BCUT2D eigenvalue weighted by atomic mass is 32.2. The van der Waals surface area contributed by atoms with Crippen LogP contribution in [0.2, 0.25) is 0 Å². The predicted molar refractivity (Wildman–Crippen MR) is 72.1 cm³/mol. The molecular formula is C12H20N4O2S. The lowest BCUT2D eigenvalue weighted by atomic mass is 9.83. The Bertz CT molecular complexity index is 418. The topological polar surface area (TPSA) is 80.9 Å². The van der Waals surface area contributed by atoms with E-state index in [0.29, 0.717) is 17.1 Å². The summed E-state index contributed by atoms with van der Waals surface area (Å²) < 4.78 is 1.84. The molecule has 1 atom stereocenters. The molecule has 1 heterocycles. The van der Waals surface area contributed by atoms with Gasteiger partial charge in [0, 0.05) is 0 Å². The summed E-state index contributed by atoms with van der Waals surface area (Å²) in [5.74, 6) is -0.224. The van der Waals surface area contributed by atoms with Crippen molar-refractivity contribution < 1.29 is 9.90 Å². The number of aliphatic carboxylic acids is 1. The van der Waals surface area contributed by atoms with Crippen LogP contribution < -0.4 is 0 Å². The Hall–Kier alpha value is -1.11. The van der Waals surface area contributed by atoms with E-state index in [1.54, 1.807) is 0 Å². The number of hydrogen-bond donors (Lipinski definition) is 1. The molecule has 1 aliphatic carbocycles. The van der Waals surface area contributed by atoms with Gasteiger partial charge in [-0.15, -0.1) is 5.10 Å². The molecule has 1 saturated carbocycles. The average molecular weight is 284 g/mol. The zero-order chi connectivity index (χ0) is 13.7. The number of hydrogen-bond acceptors (Lipinski definition) is 5. The van der Waals surface area contributed by atoms with E-state index in [2.05, 4.69) is 22.4 Å². The summed E-state index contributed by atoms with van der Waals surface area (Å²) in [6.07, 6.45) is 7.31. The van der Waals surface area contributed by atoms with Crippen molar-refractivity contribution in [3.05, 3.63) is 0 Å². The van der Waals surface area contributed by atoms with Gasteiger partial charge in [0.2, 0.25) is 5.16 Å². The molecule has 0 amide bonds. The fourth-order valence-corrected chi connectivity index (χ4v) is 3.49. The van der Waals surface area contributed by atoms with Crippen molar-refractivity contribution >= 4 is 17.7 Å². The number of carbonyl (C=O) groups is 1. The molecule has 1 aromatic rings. The number of aromatic nitrogens is 4. The number of carboxylic acids is 1. The Morgan fingerprint density at radius 3 is 2.84 bits per heavy atom. The minimum atomic E-state index is -0.842. The maximum absolute atomic E-state index is 10.6. The van der Waals surface area contributed by atoms with Crippen LogP contribution in [-0.2, 0) is 4.79 Å². The van der Waals surface area contributed by atoms with Crippen molar-refractivity contribution in [3.8, 4) is 0 Å². The van der Waals surface area contributed by atoms with E-state index in [4.69, 9.17) is 5.11 Å². The molecule has 1 aliphatic rings. The Labute approximate surface area is 117 Å². The van der Waals surface area contributed by atoms with Crippen molar-refractivity contribution in [1.29, 1.82) is 0 Å². The van der Waals surface area contributed by atoms with Crippen LogP contribution in [0.1, 0.15) is 51.5 Å². The van der Waals surface area contributed by atoms with Crippen molar-refractivity contribution in [1.82, 2.24) is 20.2 Å². The number of nitrogens with zero attached hydrogens (tertiary/aromatic N) is 4. The summed E-state index contributed by atoms with van der Waals surface area (Å²) in [5.41, 5.74) is 0. The van der Waals surface area contributed by atoms with Gasteiger partial charge in [0.1, 0.15) is 0 Å². The molecule has 7 heteroatoms. The summed E-state index contributed by atoms with van der Waals surface area (Å²) in [7, 11) is 0. The molecule has 6 nitrogen and oxygen atoms in total. The maximum atomic E-state index is 10.6. The third kappa shape index (κ3) is 3.68. The van der Waals surface area contributed by atoms with Gasteiger partial charge in [0.15, 0.2) is 0 Å². The van der Waals surface area contributed by atoms with Gasteiger partial charge in [-0.2, -0.15) is 0 Å². The van der Waals surface area contributed by atoms with Gasteiger partial charge in [-0.1, -0.05) is 37.9 Å². The van der Waals surface area contributed by atoms with Crippen LogP contribution in [0.4, 0.5) is 0 Å². The Balaban J connectivity index is 2.09. The molecule has 0 radical (unpaired) electrons. The van der Waals surface area contributed by atoms with Gasteiger partial charge in [-0.25, -0.2) is 4.68 Å². The number of carboxylic acid groups (broad SMARTS) is 1. The van der Waals surface area contributed by atoms with Gasteiger partial charge < -0.3 is 5.11 Å². The van der Waals surface area contributed by atoms with Gasteiger partial charge in [0.05, 0.1) is 11.8 Å². The minimum absolute atomic E-state index is 0.00146. The summed E-state index contributed by atoms with van der Waals surface area (Å²) in [6, 6.07) is 0.298. The van der Waals surface area contributed by atoms with Crippen molar-refractivity contribution in [2.75, 3.05) is 5.75 Å². The summed E-state index contributed by atoms with van der Waals surface area (Å²) in [5, 5.41) is 21.1. The van der Waals surface area contributed by atoms with E-state index < -0.39 is 5.97 Å². The normalized spacial score (nSPS) is 18.4. The van der Waals surface area contributed by atoms with E-state index in [9.17, 15) is 4.79 Å². The number of rotatable bonds is 6. The highest BCUT2D eigenvalue weighted by molar-refractivity contribution is 7.99. The molecule has 1 fully saturated rings. The molecule has 0 bridgehead atoms. The SMILES string of the molecule is CCC(C1CCCCC1)n1nnnc1SCC(=O)O. The fraction of sp³-hybridized carbons (Fsp3) is 0.833. The molecule has 1 aromatic heterocycles. The van der Waals surface area contributed by atoms with Crippen LogP contribution in [0, 0.1) is 5.92 Å². The Morgan fingerprint density at radius 2 is 2.21 bits per heavy atom. The van der Waals surface area contributed by atoms with E-state index >= 15 is 0 Å². The standard InChI is InChI=1S/C12H20N4O2S/c1-2-10(9-6-4-3-5-7-9)16-12(13-14-15-16)19-8-11(17)18/h9-10H,2-8H2,1H3,(H,17,18). The van der Waals surface area contributed by atoms with E-state index in [0.717, 1.165) is 6.42 Å². The molecule has 2 rings (SSSR count). The predicted octanol–water partition coefficient (Wildman–Crippen LogP) is 2.38. The van der Waals surface area contributed by atoms with Gasteiger partial charge in [-0.05, 0) is 35.6 Å². The highest BCUT2D eigenvalue weighted by Crippen LogP contribution is 2.35. The quantitative estimate of drug-likeness (QED) is 0.808. The van der Waals surface area contributed by atoms with Gasteiger partial charge in [0.25, 0.3) is 0 Å². The Morgan fingerprint density at radius 1 is 1.47 bits per heavy atom. The van der Waals surface area contributed by atoms with Crippen LogP contribution in [0.3, 0.4) is 0 Å². The second kappa shape index (κ2) is 6.88. The van der Waals surface area contributed by atoms with Gasteiger partial charge in [-0.3, -0.25) is 4.79 Å². The van der Waals surface area contributed by atoms with Crippen molar-refractivity contribution in [2.24, 2.45) is 5.92 Å². The molecule has 0 saturated heterocycles. The molecule has 19 heavy (non-hydrogen) atoms. The van der Waals surface area contributed by atoms with Gasteiger partial charge >= 0.3 is 5.97 Å². The van der Waals surface area contributed by atoms with E-state index in [1.807, 2.05) is 4.68 Å². The highest BCUT2D eigenvalue weighted by Gasteiger charge is 2.27. The lowest BCUT2D eigenvalue weighted by Crippen LogP contribution is -2.23. The van der Waals surface area contributed by atoms with Crippen molar-refractivity contribution in [3.63, 3.8) is 0 Å². The smallest absolute Gasteiger partial charge is 0.313 e. The van der Waals surface area contributed by atoms with E-state index in [-0.39, 0.29) is 5.75 Å². The molecule has 0 aliphatic heterocycles. The monoisotopic (exact) mass is 284 g/mol. The number of tetrazole rings is 1. The maximum Gasteiger partial charge on any atom is 0.313 e. The first kappa shape index (κ1) is 14.3. The third-order valence-electron chi connectivity index (χ3n) is 3.71. The molecule has 0 aromatic carbocycles. The van der Waals surface area contributed by atoms with E-state index in [1.165, 1.54) is 43.9 Å². The summed E-state index contributed by atoms with van der Waals surface area (Å²) in [4.78, 5) is 10.6. The molecular weight excluding hydrogens is 264 g/mol. The average Bonchev–Trinajstić information content (AvgIpc) is 2.87. The molecule has 106 valence electrons. The first-order valence-electron chi connectivity index (χ1n) is 6.84. The molecule has 0 spiro atoms. The minimum Gasteiger partial charge on any atom is -0.481 e. The lowest BCUT2D eigenvalue weighted by Gasteiger charge is -2.29. The number of thioether (sulfide) groups is 1. The Kier molecular flexibility index (Phi) is 5.18. The second-order valence-electron chi connectivity index (χ2n) is 4.96.